The van der Waals surface area contributed by atoms with Gasteiger partial charge in [-0.25, -0.2) is 4.39 Å². The van der Waals surface area contributed by atoms with E-state index < -0.39 is 11.2 Å². The van der Waals surface area contributed by atoms with E-state index in [1.807, 2.05) is 47.0 Å². The van der Waals surface area contributed by atoms with Gasteiger partial charge in [-0.2, -0.15) is 10.5 Å². The minimum Gasteiger partial charge on any atom is -0.308 e. The quantitative estimate of drug-likeness (QED) is 0.220. The lowest BCUT2D eigenvalue weighted by Crippen LogP contribution is -2.28. The summed E-state index contributed by atoms with van der Waals surface area (Å²) in [6.07, 6.45) is 0. The molecule has 0 bridgehead atoms. The molecule has 1 aliphatic rings. The fourth-order valence-corrected chi connectivity index (χ4v) is 7.11. The number of hydrogen-bond acceptors (Lipinski definition) is 2. The Labute approximate surface area is 247 Å². The van der Waals surface area contributed by atoms with Crippen molar-refractivity contribution in [1.82, 2.24) is 4.57 Å². The first-order chi connectivity index (χ1) is 21.2. The van der Waals surface area contributed by atoms with Crippen LogP contribution in [0.4, 0.5) is 4.39 Å². The molecule has 0 amide bonds. The smallest absolute Gasteiger partial charge is 0.160 e. The molecule has 0 fully saturated rings. The number of hydrogen-bond donors (Lipinski definition) is 0. The van der Waals surface area contributed by atoms with Gasteiger partial charge in [0, 0.05) is 10.8 Å². The number of halogens is 1. The van der Waals surface area contributed by atoms with Gasteiger partial charge in [0.2, 0.25) is 0 Å². The van der Waals surface area contributed by atoms with E-state index in [4.69, 9.17) is 0 Å². The molecule has 1 aromatic heterocycles. The van der Waals surface area contributed by atoms with E-state index in [2.05, 4.69) is 91.0 Å². The van der Waals surface area contributed by atoms with Crippen LogP contribution < -0.4 is 0 Å². The number of para-hydroxylation sites is 1. The standard InChI is InChI=1S/C39H22FN3/c40-38-25(23-41)19-20-36(32(38)24-42)43-35-18-10-8-16-29(35)31-21-30-28-15-7-9-17-33(28)39(34(30)22-37(31)43,26-11-3-1-4-12-26)27-13-5-2-6-14-27/h1-22H. The van der Waals surface area contributed by atoms with Crippen molar-refractivity contribution >= 4 is 21.8 Å². The van der Waals surface area contributed by atoms with Crippen LogP contribution in [-0.2, 0) is 5.41 Å². The molecule has 0 spiro atoms. The van der Waals surface area contributed by atoms with Gasteiger partial charge in [0.25, 0.3) is 0 Å². The summed E-state index contributed by atoms with van der Waals surface area (Å²) in [5.41, 5.74) is 8.17. The van der Waals surface area contributed by atoms with Gasteiger partial charge in [0.1, 0.15) is 17.7 Å². The molecule has 6 aromatic carbocycles. The first-order valence-electron chi connectivity index (χ1n) is 14.1. The predicted molar refractivity (Wildman–Crippen MR) is 167 cm³/mol. The summed E-state index contributed by atoms with van der Waals surface area (Å²) >= 11 is 0. The molecular formula is C39H22FN3. The van der Waals surface area contributed by atoms with E-state index in [9.17, 15) is 10.5 Å². The molecule has 7 aromatic rings. The van der Waals surface area contributed by atoms with Crippen molar-refractivity contribution in [2.75, 3.05) is 0 Å². The largest absolute Gasteiger partial charge is 0.308 e. The second-order valence-corrected chi connectivity index (χ2v) is 10.8. The van der Waals surface area contributed by atoms with Crippen LogP contribution in [0.2, 0.25) is 0 Å². The predicted octanol–water partition coefficient (Wildman–Crippen LogP) is 9.03. The zero-order chi connectivity index (χ0) is 29.1. The molecule has 200 valence electrons. The van der Waals surface area contributed by atoms with E-state index in [0.29, 0.717) is 5.69 Å². The van der Waals surface area contributed by atoms with Gasteiger partial charge in [-0.1, -0.05) is 103 Å². The zero-order valence-corrected chi connectivity index (χ0v) is 22.9. The fraction of sp³-hybridized carbons (Fsp3) is 0.0256. The second-order valence-electron chi connectivity index (χ2n) is 10.8. The van der Waals surface area contributed by atoms with Gasteiger partial charge < -0.3 is 4.57 Å². The van der Waals surface area contributed by atoms with Crippen LogP contribution in [0, 0.1) is 28.5 Å². The third kappa shape index (κ3) is 3.27. The number of nitrogens with zero attached hydrogens (tertiary/aromatic N) is 3. The summed E-state index contributed by atoms with van der Waals surface area (Å²) in [4.78, 5) is 0. The van der Waals surface area contributed by atoms with Gasteiger partial charge in [-0.15, -0.1) is 0 Å². The third-order valence-corrected chi connectivity index (χ3v) is 8.84. The van der Waals surface area contributed by atoms with Crippen LogP contribution in [0.3, 0.4) is 0 Å². The SMILES string of the molecule is N#Cc1ccc(-n2c3ccccc3c3cc4c(cc32)C(c2ccccc2)(c2ccccc2)c2ccccc2-4)c(C#N)c1F. The molecule has 0 saturated carbocycles. The maximum atomic E-state index is 15.4. The summed E-state index contributed by atoms with van der Waals surface area (Å²) in [5.74, 6) is -0.801. The van der Waals surface area contributed by atoms with Crippen molar-refractivity contribution < 1.29 is 4.39 Å². The van der Waals surface area contributed by atoms with Crippen molar-refractivity contribution in [2.24, 2.45) is 0 Å². The Bertz CT molecular complexity index is 2280. The molecule has 1 aliphatic carbocycles. The number of rotatable bonds is 3. The number of benzene rings is 6. The van der Waals surface area contributed by atoms with E-state index >= 15 is 4.39 Å². The highest BCUT2D eigenvalue weighted by atomic mass is 19.1. The Morgan fingerprint density at radius 2 is 1.21 bits per heavy atom. The highest BCUT2D eigenvalue weighted by Gasteiger charge is 2.46. The van der Waals surface area contributed by atoms with Crippen molar-refractivity contribution in [3.05, 3.63) is 173 Å². The molecule has 43 heavy (non-hydrogen) atoms. The highest BCUT2D eigenvalue weighted by molar-refractivity contribution is 6.12. The molecule has 0 N–H and O–H groups in total. The molecule has 0 saturated heterocycles. The topological polar surface area (TPSA) is 52.5 Å². The highest BCUT2D eigenvalue weighted by Crippen LogP contribution is 2.57. The molecule has 4 heteroatoms. The van der Waals surface area contributed by atoms with Gasteiger partial charge in [0.05, 0.1) is 27.7 Å². The summed E-state index contributed by atoms with van der Waals surface area (Å²) in [7, 11) is 0. The monoisotopic (exact) mass is 551 g/mol. The van der Waals surface area contributed by atoms with Crippen LogP contribution in [0.1, 0.15) is 33.4 Å². The lowest BCUT2D eigenvalue weighted by Gasteiger charge is -2.34. The molecule has 3 nitrogen and oxygen atoms in total. The summed E-state index contributed by atoms with van der Waals surface area (Å²) in [6.45, 7) is 0. The van der Waals surface area contributed by atoms with Crippen molar-refractivity contribution in [3.63, 3.8) is 0 Å². The fourth-order valence-electron chi connectivity index (χ4n) is 7.11. The van der Waals surface area contributed by atoms with Crippen LogP contribution in [0.15, 0.2) is 133 Å². The average molecular weight is 552 g/mol. The molecule has 0 radical (unpaired) electrons. The molecule has 0 aliphatic heterocycles. The molecule has 1 heterocycles. The van der Waals surface area contributed by atoms with E-state index in [1.165, 1.54) is 17.2 Å². The van der Waals surface area contributed by atoms with Crippen molar-refractivity contribution in [1.29, 1.82) is 10.5 Å². The third-order valence-electron chi connectivity index (χ3n) is 8.84. The Morgan fingerprint density at radius 1 is 0.558 bits per heavy atom. The Kier molecular flexibility index (Phi) is 5.35. The van der Waals surface area contributed by atoms with Gasteiger partial charge >= 0.3 is 0 Å². The summed E-state index contributed by atoms with van der Waals surface area (Å²) < 4.78 is 17.4. The molecular weight excluding hydrogens is 529 g/mol. The zero-order valence-electron chi connectivity index (χ0n) is 22.9. The maximum absolute atomic E-state index is 15.4. The first kappa shape index (κ1) is 24.8. The maximum Gasteiger partial charge on any atom is 0.160 e. The Balaban J connectivity index is 1.57. The van der Waals surface area contributed by atoms with E-state index in [1.54, 1.807) is 6.07 Å². The first-order valence-corrected chi connectivity index (χ1v) is 14.1. The number of aromatic nitrogens is 1. The molecule has 0 unspecified atom stereocenters. The van der Waals surface area contributed by atoms with Crippen LogP contribution in [-0.4, -0.2) is 4.57 Å². The van der Waals surface area contributed by atoms with Gasteiger partial charge in [-0.3, -0.25) is 0 Å². The van der Waals surface area contributed by atoms with Crippen LogP contribution >= 0.6 is 0 Å². The summed E-state index contributed by atoms with van der Waals surface area (Å²) in [6, 6.07) is 49.2. The van der Waals surface area contributed by atoms with Crippen molar-refractivity contribution in [2.45, 2.75) is 5.41 Å². The van der Waals surface area contributed by atoms with Crippen LogP contribution in [0.25, 0.3) is 38.6 Å². The molecule has 0 atom stereocenters. The van der Waals surface area contributed by atoms with E-state index in [0.717, 1.165) is 44.1 Å². The minimum atomic E-state index is -0.801. The van der Waals surface area contributed by atoms with E-state index in [-0.39, 0.29) is 11.1 Å². The number of fused-ring (bicyclic) bond motifs is 6. The van der Waals surface area contributed by atoms with Gasteiger partial charge in [0.15, 0.2) is 5.82 Å². The van der Waals surface area contributed by atoms with Gasteiger partial charge in [-0.05, 0) is 63.7 Å². The molecule has 8 rings (SSSR count). The average Bonchev–Trinajstić information content (AvgIpc) is 3.54. The van der Waals surface area contributed by atoms with Crippen molar-refractivity contribution in [3.8, 4) is 29.0 Å². The normalized spacial score (nSPS) is 12.9. The Hall–Kier alpha value is -5.97. The number of nitriles is 2. The Morgan fingerprint density at radius 3 is 1.91 bits per heavy atom. The lowest BCUT2D eigenvalue weighted by atomic mass is 9.67. The van der Waals surface area contributed by atoms with Crippen LogP contribution in [0.5, 0.6) is 0 Å². The summed E-state index contributed by atoms with van der Waals surface area (Å²) in [5, 5.41) is 21.6. The minimum absolute atomic E-state index is 0.149. The second kappa shape index (κ2) is 9.28. The lowest BCUT2D eigenvalue weighted by molar-refractivity contribution is 0.619.